The number of thioether (sulfide) groups is 1. The highest BCUT2D eigenvalue weighted by Gasteiger charge is 2.29. The van der Waals surface area contributed by atoms with Crippen molar-refractivity contribution < 1.29 is 4.79 Å². The zero-order valence-corrected chi connectivity index (χ0v) is 17.1. The normalized spacial score (nSPS) is 15.7. The summed E-state index contributed by atoms with van der Waals surface area (Å²) in [5.74, 6) is -0.110. The summed E-state index contributed by atoms with van der Waals surface area (Å²) in [4.78, 5) is 27.9. The first kappa shape index (κ1) is 17.3. The van der Waals surface area contributed by atoms with Gasteiger partial charge in [0, 0.05) is 41.9 Å². The highest BCUT2D eigenvalue weighted by Crippen LogP contribution is 2.43. The molecular weight excluding hydrogens is 423 g/mol. The third-order valence-electron chi connectivity index (χ3n) is 5.54. The van der Waals surface area contributed by atoms with Crippen molar-refractivity contribution in [1.82, 2.24) is 0 Å². The molecule has 0 spiro atoms. The van der Waals surface area contributed by atoms with Gasteiger partial charge < -0.3 is 0 Å². The highest BCUT2D eigenvalue weighted by atomic mass is 35.5. The highest BCUT2D eigenvalue weighted by molar-refractivity contribution is 8.10. The molecule has 0 aromatic heterocycles. The lowest BCUT2D eigenvalue weighted by molar-refractivity contribution is 0.105. The van der Waals surface area contributed by atoms with Crippen LogP contribution in [0.1, 0.15) is 10.4 Å². The Balaban J connectivity index is 1.75. The fraction of sp³-hybridized carbons (Fsp3) is 0. The predicted molar refractivity (Wildman–Crippen MR) is 122 cm³/mol. The molecule has 6 rings (SSSR count). The average molecular weight is 433 g/mol. The number of benzene rings is 4. The minimum Gasteiger partial charge on any atom is -0.289 e. The first-order chi connectivity index (χ1) is 14.0. The molecule has 5 heteroatoms. The molecule has 0 radical (unpaired) electrons. The van der Waals surface area contributed by atoms with Crippen molar-refractivity contribution in [2.45, 2.75) is 4.90 Å². The molecule has 0 atom stereocenters. The number of Topliss-reactive ketones (excluding diaryl/α,β-unsaturated/α-hetero) is 1. The Morgan fingerprint density at radius 2 is 1.38 bits per heavy atom. The third kappa shape index (κ3) is 2.26. The van der Waals surface area contributed by atoms with Gasteiger partial charge >= 0.3 is 0 Å². The van der Waals surface area contributed by atoms with Crippen LogP contribution < -0.4 is 10.6 Å². The molecule has 1 aliphatic rings. The van der Waals surface area contributed by atoms with Crippen LogP contribution in [0.5, 0.6) is 0 Å². The smallest absolute Gasteiger partial charge is 0.201 e. The molecule has 2 nitrogen and oxygen atoms in total. The van der Waals surface area contributed by atoms with Gasteiger partial charge in [-0.3, -0.25) is 9.59 Å². The van der Waals surface area contributed by atoms with Gasteiger partial charge in [-0.25, -0.2) is 0 Å². The van der Waals surface area contributed by atoms with Crippen LogP contribution >= 0.6 is 35.0 Å². The fourth-order valence-electron chi connectivity index (χ4n) is 4.22. The summed E-state index contributed by atoms with van der Waals surface area (Å²) in [7, 11) is 0. The molecule has 1 aliphatic heterocycles. The maximum Gasteiger partial charge on any atom is 0.201 e. The van der Waals surface area contributed by atoms with Crippen molar-refractivity contribution in [2.75, 3.05) is 0 Å². The number of hydrogen-bond donors (Lipinski definition) is 0. The largest absolute Gasteiger partial charge is 0.289 e. The Morgan fingerprint density at radius 1 is 0.724 bits per heavy atom. The minimum absolute atomic E-state index is 0.110. The molecule has 0 N–H and O–H groups in total. The number of rotatable bonds is 0. The molecule has 29 heavy (non-hydrogen) atoms. The maximum atomic E-state index is 13.3. The van der Waals surface area contributed by atoms with Gasteiger partial charge in [0.25, 0.3) is 0 Å². The van der Waals surface area contributed by atoms with Gasteiger partial charge in [0.15, 0.2) is 5.43 Å². The van der Waals surface area contributed by atoms with E-state index in [1.807, 2.05) is 42.5 Å². The number of hydrogen-bond acceptors (Lipinski definition) is 3. The van der Waals surface area contributed by atoms with Crippen LogP contribution in [0.25, 0.3) is 37.2 Å². The van der Waals surface area contributed by atoms with Crippen LogP contribution in [0.2, 0.25) is 10.0 Å². The minimum atomic E-state index is -0.155. The van der Waals surface area contributed by atoms with Crippen LogP contribution in [0.15, 0.2) is 70.4 Å². The number of halogens is 2. The summed E-state index contributed by atoms with van der Waals surface area (Å²) >= 11 is 14.1. The topological polar surface area (TPSA) is 34.1 Å². The first-order valence-electron chi connectivity index (χ1n) is 9.00. The number of ketones is 1. The van der Waals surface area contributed by atoms with Crippen LogP contribution in [-0.4, -0.2) is 5.78 Å². The number of carbonyl (C=O) groups is 1. The van der Waals surface area contributed by atoms with Crippen molar-refractivity contribution in [3.63, 3.8) is 0 Å². The molecule has 0 saturated heterocycles. The fourth-order valence-corrected chi connectivity index (χ4v) is 5.96. The third-order valence-corrected chi connectivity index (χ3v) is 7.32. The van der Waals surface area contributed by atoms with Crippen molar-refractivity contribution in [3.05, 3.63) is 91.7 Å². The second kappa shape index (κ2) is 5.96. The van der Waals surface area contributed by atoms with Gasteiger partial charge in [-0.15, -0.1) is 0 Å². The molecule has 0 fully saturated rings. The Bertz CT molecular complexity index is 1630. The molecule has 5 aromatic carbocycles. The Kier molecular flexibility index (Phi) is 3.55. The van der Waals surface area contributed by atoms with Gasteiger partial charge in [-0.1, -0.05) is 65.3 Å². The summed E-state index contributed by atoms with van der Waals surface area (Å²) in [5.41, 5.74) is 0.486. The number of fused-ring (bicyclic) bond motifs is 2. The van der Waals surface area contributed by atoms with Crippen LogP contribution in [0, 0.1) is 0 Å². The molecular formula is C24H10Cl2O2S. The first-order valence-corrected chi connectivity index (χ1v) is 10.6. The lowest BCUT2D eigenvalue weighted by Gasteiger charge is -2.03. The Morgan fingerprint density at radius 3 is 2.10 bits per heavy atom. The average Bonchev–Trinajstić information content (AvgIpc) is 3.18. The number of carbonyl (C=O) groups excluding carboxylic acids is 1. The second-order valence-electron chi connectivity index (χ2n) is 7.10. The predicted octanol–water partition coefficient (Wildman–Crippen LogP) is 6.07. The molecule has 1 heterocycles. The Hall–Kier alpha value is -2.59. The van der Waals surface area contributed by atoms with E-state index in [0.29, 0.717) is 36.5 Å². The van der Waals surface area contributed by atoms with E-state index in [2.05, 4.69) is 0 Å². The monoisotopic (exact) mass is 432 g/mol. The van der Waals surface area contributed by atoms with E-state index < -0.39 is 0 Å². The summed E-state index contributed by atoms with van der Waals surface area (Å²) in [6, 6.07) is 18.8. The molecule has 0 amide bonds. The van der Waals surface area contributed by atoms with Gasteiger partial charge in [0.2, 0.25) is 5.78 Å². The summed E-state index contributed by atoms with van der Waals surface area (Å²) in [6.45, 7) is 0. The summed E-state index contributed by atoms with van der Waals surface area (Å²) in [6.07, 6.45) is 0. The zero-order chi connectivity index (χ0) is 19.9. The summed E-state index contributed by atoms with van der Waals surface area (Å²) < 4.78 is 0. The van der Waals surface area contributed by atoms with E-state index >= 15 is 0 Å². The standard InChI is InChI=1S/C24H10Cl2O2S/c25-16-7-5-13-19-14(6-8-17(26)21(16)19)22(27)20(13)24-23(28)15-9-11-3-1-2-4-12(11)10-18(15)29-24/h1-10H/b24-20+. The second-order valence-corrected chi connectivity index (χ2v) is 8.97. The van der Waals surface area contributed by atoms with Crippen LogP contribution in [-0.2, 0) is 0 Å². The van der Waals surface area contributed by atoms with Gasteiger partial charge in [0.1, 0.15) is 0 Å². The van der Waals surface area contributed by atoms with E-state index in [1.165, 1.54) is 11.8 Å². The molecule has 0 aliphatic carbocycles. The summed E-state index contributed by atoms with van der Waals surface area (Å²) in [5, 5.41) is 6.16. The van der Waals surface area contributed by atoms with E-state index in [-0.39, 0.29) is 11.2 Å². The van der Waals surface area contributed by atoms with Gasteiger partial charge in [-0.05, 0) is 46.5 Å². The van der Waals surface area contributed by atoms with Crippen molar-refractivity contribution in [2.24, 2.45) is 0 Å². The molecule has 0 bridgehead atoms. The Labute approximate surface area is 179 Å². The quantitative estimate of drug-likeness (QED) is 0.298. The van der Waals surface area contributed by atoms with E-state index in [0.717, 1.165) is 26.4 Å². The lowest BCUT2D eigenvalue weighted by atomic mass is 10.0. The van der Waals surface area contributed by atoms with E-state index in [4.69, 9.17) is 23.2 Å². The lowest BCUT2D eigenvalue weighted by Crippen LogP contribution is -2.23. The van der Waals surface area contributed by atoms with Crippen molar-refractivity contribution in [1.29, 1.82) is 0 Å². The molecule has 0 unspecified atom stereocenters. The van der Waals surface area contributed by atoms with E-state index in [9.17, 15) is 9.59 Å². The molecule has 5 aromatic rings. The van der Waals surface area contributed by atoms with Crippen molar-refractivity contribution in [3.8, 4) is 0 Å². The van der Waals surface area contributed by atoms with Crippen molar-refractivity contribution >= 4 is 78.0 Å². The SMILES string of the molecule is O=C1/C(=c2\c(=O)c3ccc(Cl)c4c(Cl)ccc2c43)Sc2cc3ccccc3cc21. The van der Waals surface area contributed by atoms with Crippen LogP contribution in [0.3, 0.4) is 0 Å². The van der Waals surface area contributed by atoms with Gasteiger partial charge in [0.05, 0.1) is 4.91 Å². The molecule has 138 valence electrons. The maximum absolute atomic E-state index is 13.3. The molecule has 0 saturated carbocycles. The van der Waals surface area contributed by atoms with E-state index in [1.54, 1.807) is 18.2 Å². The van der Waals surface area contributed by atoms with Crippen LogP contribution in [0.4, 0.5) is 0 Å². The van der Waals surface area contributed by atoms with Gasteiger partial charge in [-0.2, -0.15) is 0 Å². The zero-order valence-electron chi connectivity index (χ0n) is 14.8.